The molecular formula is C19H19N3O2S2. The molecule has 1 N–H and O–H groups in total. The van der Waals surface area contributed by atoms with Gasteiger partial charge in [0.2, 0.25) is 0 Å². The molecule has 0 bridgehead atoms. The van der Waals surface area contributed by atoms with Gasteiger partial charge in [-0.3, -0.25) is 4.79 Å². The van der Waals surface area contributed by atoms with E-state index in [0.717, 1.165) is 20.3 Å². The Hall–Kier alpha value is -2.38. The van der Waals surface area contributed by atoms with Crippen molar-refractivity contribution in [2.75, 3.05) is 6.61 Å². The van der Waals surface area contributed by atoms with Crippen molar-refractivity contribution >= 4 is 44.9 Å². The Morgan fingerprint density at radius 1 is 1.23 bits per heavy atom. The van der Waals surface area contributed by atoms with Gasteiger partial charge >= 0.3 is 0 Å². The van der Waals surface area contributed by atoms with Gasteiger partial charge in [-0.05, 0) is 38.1 Å². The molecule has 26 heavy (non-hydrogen) atoms. The van der Waals surface area contributed by atoms with E-state index in [4.69, 9.17) is 4.74 Å². The molecule has 5 nitrogen and oxygen atoms in total. The highest BCUT2D eigenvalue weighted by Crippen LogP contribution is 2.31. The summed E-state index contributed by atoms with van der Waals surface area (Å²) in [7, 11) is 0. The Labute approximate surface area is 160 Å². The van der Waals surface area contributed by atoms with Gasteiger partial charge < -0.3 is 4.74 Å². The first kappa shape index (κ1) is 18.4. The van der Waals surface area contributed by atoms with E-state index in [-0.39, 0.29) is 11.2 Å². The third-order valence-electron chi connectivity index (χ3n) is 3.47. The van der Waals surface area contributed by atoms with Crippen LogP contribution in [0.25, 0.3) is 10.2 Å². The molecule has 0 aliphatic heterocycles. The van der Waals surface area contributed by atoms with Gasteiger partial charge in [0.15, 0.2) is 4.34 Å². The highest BCUT2D eigenvalue weighted by atomic mass is 32.2. The van der Waals surface area contributed by atoms with Crippen LogP contribution >= 0.6 is 23.1 Å². The number of ether oxygens (including phenoxy) is 1. The zero-order valence-corrected chi connectivity index (χ0v) is 16.1. The number of thiazole rings is 1. The van der Waals surface area contributed by atoms with Crippen LogP contribution in [0.2, 0.25) is 0 Å². The number of carbonyl (C=O) groups excluding carboxylic acids is 1. The summed E-state index contributed by atoms with van der Waals surface area (Å²) in [5.41, 5.74) is 4.25. The van der Waals surface area contributed by atoms with Gasteiger partial charge in [0.1, 0.15) is 12.4 Å². The molecule has 0 saturated carbocycles. The fourth-order valence-corrected chi connectivity index (χ4v) is 4.29. The SMILES string of the molecule is C/C(COc1ccccc1)=N/NC(=O)C(C)Sc1nc2ccccc2s1. The standard InChI is InChI=1S/C19H19N3O2S2/c1-13(12-24-15-8-4-3-5-9-15)21-22-18(23)14(2)25-19-20-16-10-6-7-11-17(16)26-19/h3-11,14H,12H2,1-2H3,(H,22,23)/b21-13-. The molecule has 1 unspecified atom stereocenters. The van der Waals surface area contributed by atoms with Crippen LogP contribution in [0.3, 0.4) is 0 Å². The highest BCUT2D eigenvalue weighted by Gasteiger charge is 2.16. The van der Waals surface area contributed by atoms with Gasteiger partial charge in [-0.1, -0.05) is 42.1 Å². The zero-order chi connectivity index (χ0) is 18.4. The topological polar surface area (TPSA) is 63.6 Å². The number of thioether (sulfide) groups is 1. The van der Waals surface area contributed by atoms with Gasteiger partial charge in [0, 0.05) is 0 Å². The number of para-hydroxylation sites is 2. The number of hydrazone groups is 1. The van der Waals surface area contributed by atoms with Crippen LogP contribution in [0.5, 0.6) is 5.75 Å². The third-order valence-corrected chi connectivity index (χ3v) is 5.70. The zero-order valence-electron chi connectivity index (χ0n) is 14.5. The Bertz CT molecular complexity index is 876. The quantitative estimate of drug-likeness (QED) is 0.373. The van der Waals surface area contributed by atoms with E-state index in [9.17, 15) is 4.79 Å². The predicted octanol–water partition coefficient (Wildman–Crippen LogP) is 4.35. The number of nitrogens with zero attached hydrogens (tertiary/aromatic N) is 2. The molecule has 7 heteroatoms. The second-order valence-electron chi connectivity index (χ2n) is 5.63. The highest BCUT2D eigenvalue weighted by molar-refractivity contribution is 8.02. The molecule has 0 radical (unpaired) electrons. The number of amides is 1. The van der Waals surface area contributed by atoms with Crippen molar-refractivity contribution in [3.8, 4) is 5.75 Å². The summed E-state index contributed by atoms with van der Waals surface area (Å²) in [4.78, 5) is 16.8. The number of carbonyl (C=O) groups is 1. The van der Waals surface area contributed by atoms with Gasteiger partial charge in [0.25, 0.3) is 5.91 Å². The lowest BCUT2D eigenvalue weighted by Gasteiger charge is -2.09. The molecule has 1 atom stereocenters. The first-order valence-corrected chi connectivity index (χ1v) is 9.84. The summed E-state index contributed by atoms with van der Waals surface area (Å²) >= 11 is 3.02. The molecular weight excluding hydrogens is 366 g/mol. The lowest BCUT2D eigenvalue weighted by molar-refractivity contribution is -0.120. The Morgan fingerprint density at radius 3 is 2.73 bits per heavy atom. The van der Waals surface area contributed by atoms with Crippen molar-refractivity contribution in [1.82, 2.24) is 10.4 Å². The third kappa shape index (κ3) is 5.06. The molecule has 0 aliphatic carbocycles. The van der Waals surface area contributed by atoms with Gasteiger partial charge in [0.05, 0.1) is 21.2 Å². The minimum atomic E-state index is -0.290. The van der Waals surface area contributed by atoms with E-state index >= 15 is 0 Å². The molecule has 0 fully saturated rings. The van der Waals surface area contributed by atoms with Crippen LogP contribution in [-0.4, -0.2) is 28.5 Å². The number of aromatic nitrogens is 1. The largest absolute Gasteiger partial charge is 0.488 e. The summed E-state index contributed by atoms with van der Waals surface area (Å²) in [6.45, 7) is 3.98. The summed E-state index contributed by atoms with van der Waals surface area (Å²) in [6.07, 6.45) is 0. The van der Waals surface area contributed by atoms with E-state index < -0.39 is 0 Å². The normalized spacial score (nSPS) is 12.8. The van der Waals surface area contributed by atoms with E-state index in [0.29, 0.717) is 12.3 Å². The minimum absolute atomic E-state index is 0.159. The van der Waals surface area contributed by atoms with Crippen molar-refractivity contribution in [3.63, 3.8) is 0 Å². The molecule has 2 aromatic carbocycles. The van der Waals surface area contributed by atoms with E-state index in [1.165, 1.54) is 11.8 Å². The van der Waals surface area contributed by atoms with Gasteiger partial charge in [-0.2, -0.15) is 5.10 Å². The molecule has 0 aliphatic rings. The van der Waals surface area contributed by atoms with Crippen LogP contribution < -0.4 is 10.2 Å². The number of benzene rings is 2. The molecule has 134 valence electrons. The predicted molar refractivity (Wildman–Crippen MR) is 108 cm³/mol. The molecule has 0 saturated heterocycles. The van der Waals surface area contributed by atoms with Crippen molar-refractivity contribution in [3.05, 3.63) is 54.6 Å². The van der Waals surface area contributed by atoms with Crippen LogP contribution in [-0.2, 0) is 4.79 Å². The number of rotatable bonds is 7. The average molecular weight is 386 g/mol. The van der Waals surface area contributed by atoms with E-state index in [2.05, 4.69) is 15.5 Å². The molecule has 1 amide bonds. The fourth-order valence-electron chi connectivity index (χ4n) is 2.08. The molecule has 3 aromatic rings. The first-order valence-electron chi connectivity index (χ1n) is 8.15. The summed E-state index contributed by atoms with van der Waals surface area (Å²) in [5.74, 6) is 0.612. The van der Waals surface area contributed by atoms with Gasteiger partial charge in [-0.25, -0.2) is 10.4 Å². The Kier molecular flexibility index (Phi) is 6.25. The van der Waals surface area contributed by atoms with Crippen LogP contribution in [0.15, 0.2) is 64.0 Å². The van der Waals surface area contributed by atoms with Crippen LogP contribution in [0, 0.1) is 0 Å². The maximum atomic E-state index is 12.2. The van der Waals surface area contributed by atoms with Crippen molar-refractivity contribution in [2.45, 2.75) is 23.4 Å². The molecule has 3 rings (SSSR count). The lowest BCUT2D eigenvalue weighted by atomic mass is 10.3. The lowest BCUT2D eigenvalue weighted by Crippen LogP contribution is -2.28. The van der Waals surface area contributed by atoms with Crippen LogP contribution in [0.4, 0.5) is 0 Å². The number of hydrogen-bond acceptors (Lipinski definition) is 6. The molecule has 1 heterocycles. The van der Waals surface area contributed by atoms with Crippen molar-refractivity contribution < 1.29 is 9.53 Å². The van der Waals surface area contributed by atoms with Crippen molar-refractivity contribution in [1.29, 1.82) is 0 Å². The summed E-state index contributed by atoms with van der Waals surface area (Å²) < 4.78 is 7.59. The second kappa shape index (κ2) is 8.82. The summed E-state index contributed by atoms with van der Waals surface area (Å²) in [5, 5.41) is 3.82. The van der Waals surface area contributed by atoms with Crippen molar-refractivity contribution in [2.24, 2.45) is 5.10 Å². The average Bonchev–Trinajstić information content (AvgIpc) is 3.07. The number of fused-ring (bicyclic) bond motifs is 1. The minimum Gasteiger partial charge on any atom is -0.488 e. The van der Waals surface area contributed by atoms with E-state index in [1.54, 1.807) is 11.3 Å². The second-order valence-corrected chi connectivity index (χ2v) is 8.25. The van der Waals surface area contributed by atoms with Crippen LogP contribution in [0.1, 0.15) is 13.8 Å². The maximum Gasteiger partial charge on any atom is 0.253 e. The Morgan fingerprint density at radius 2 is 1.96 bits per heavy atom. The first-order chi connectivity index (χ1) is 12.6. The molecule has 1 aromatic heterocycles. The maximum absolute atomic E-state index is 12.2. The monoisotopic (exact) mass is 385 g/mol. The molecule has 0 spiro atoms. The number of hydrogen-bond donors (Lipinski definition) is 1. The van der Waals surface area contributed by atoms with Gasteiger partial charge in [-0.15, -0.1) is 11.3 Å². The smallest absolute Gasteiger partial charge is 0.253 e. The Balaban J connectivity index is 1.50. The fraction of sp³-hybridized carbons (Fsp3) is 0.211. The number of nitrogens with one attached hydrogen (secondary N) is 1. The summed E-state index contributed by atoms with van der Waals surface area (Å²) in [6, 6.07) is 17.4. The van der Waals surface area contributed by atoms with E-state index in [1.807, 2.05) is 68.4 Å².